The molecule has 10 heavy (non-hydrogen) atoms. The molecule has 1 rings (SSSR count). The summed E-state index contributed by atoms with van der Waals surface area (Å²) in [4.78, 5) is 1.36. The van der Waals surface area contributed by atoms with Gasteiger partial charge in [-0.05, 0) is 23.8 Å². The van der Waals surface area contributed by atoms with Gasteiger partial charge in [0.2, 0.25) is 0 Å². The Morgan fingerprint density at radius 2 is 2.50 bits per heavy atom. The van der Waals surface area contributed by atoms with Gasteiger partial charge in [-0.15, -0.1) is 11.3 Å². The molecule has 1 atom stereocenters. The van der Waals surface area contributed by atoms with Crippen LogP contribution in [-0.4, -0.2) is 11.7 Å². The molecule has 56 valence electrons. The molecule has 0 fully saturated rings. The molecule has 1 N–H and O–H groups in total. The van der Waals surface area contributed by atoms with Gasteiger partial charge in [-0.25, -0.2) is 0 Å². The van der Waals surface area contributed by atoms with E-state index >= 15 is 0 Å². The summed E-state index contributed by atoms with van der Waals surface area (Å²) in [5.41, 5.74) is 0. The van der Waals surface area contributed by atoms with Crippen LogP contribution < -0.4 is 0 Å². The first-order valence-corrected chi connectivity index (χ1v) is 4.34. The van der Waals surface area contributed by atoms with Crippen molar-refractivity contribution in [2.24, 2.45) is 5.92 Å². The second kappa shape index (κ2) is 3.74. The predicted molar refractivity (Wildman–Crippen MR) is 44.3 cm³/mol. The Balaban J connectivity index is 2.40. The highest BCUT2D eigenvalue weighted by Crippen LogP contribution is 2.13. The number of aliphatic hydroxyl groups is 1. The second-order valence-corrected chi connectivity index (χ2v) is 3.60. The quantitative estimate of drug-likeness (QED) is 0.709. The first-order chi connectivity index (χ1) is 4.83. The Morgan fingerprint density at radius 1 is 1.70 bits per heavy atom. The van der Waals surface area contributed by atoms with Gasteiger partial charge in [-0.1, -0.05) is 13.0 Å². The van der Waals surface area contributed by atoms with Gasteiger partial charge in [-0.3, -0.25) is 0 Å². The summed E-state index contributed by atoms with van der Waals surface area (Å²) in [6, 6.07) is 4.15. The molecule has 0 spiro atoms. The Morgan fingerprint density at radius 3 is 3.00 bits per heavy atom. The fourth-order valence-electron chi connectivity index (χ4n) is 0.837. The standard InChI is InChI=1S/C8H12OS/c1-7(6-9)5-8-3-2-4-10-8/h2-4,7,9H,5-6H2,1H3. The molecule has 0 saturated heterocycles. The van der Waals surface area contributed by atoms with Crippen molar-refractivity contribution in [1.82, 2.24) is 0 Å². The van der Waals surface area contributed by atoms with Crippen molar-refractivity contribution in [3.63, 3.8) is 0 Å². The van der Waals surface area contributed by atoms with E-state index in [1.165, 1.54) is 4.88 Å². The molecule has 2 heteroatoms. The number of hydrogen-bond acceptors (Lipinski definition) is 2. The third kappa shape index (κ3) is 2.12. The van der Waals surface area contributed by atoms with E-state index in [1.54, 1.807) is 11.3 Å². The fourth-order valence-corrected chi connectivity index (χ4v) is 1.71. The Labute approximate surface area is 65.3 Å². The molecule has 1 unspecified atom stereocenters. The maximum atomic E-state index is 8.74. The minimum atomic E-state index is 0.290. The normalized spacial score (nSPS) is 13.4. The smallest absolute Gasteiger partial charge is 0.0460 e. The predicted octanol–water partition coefficient (Wildman–Crippen LogP) is 1.92. The highest BCUT2D eigenvalue weighted by molar-refractivity contribution is 7.09. The molecule has 0 aliphatic carbocycles. The highest BCUT2D eigenvalue weighted by Gasteiger charge is 2.01. The second-order valence-electron chi connectivity index (χ2n) is 2.57. The molecule has 0 aliphatic rings. The zero-order valence-electron chi connectivity index (χ0n) is 6.08. The van der Waals surface area contributed by atoms with Crippen molar-refractivity contribution in [1.29, 1.82) is 0 Å². The number of hydrogen-bond donors (Lipinski definition) is 1. The van der Waals surface area contributed by atoms with E-state index in [9.17, 15) is 0 Å². The van der Waals surface area contributed by atoms with Gasteiger partial charge in [0.25, 0.3) is 0 Å². The molecule has 1 aromatic heterocycles. The zero-order valence-corrected chi connectivity index (χ0v) is 6.90. The van der Waals surface area contributed by atoms with Crippen LogP contribution in [0.3, 0.4) is 0 Å². The summed E-state index contributed by atoms with van der Waals surface area (Å²) in [6.07, 6.45) is 1.01. The summed E-state index contributed by atoms with van der Waals surface area (Å²) in [5, 5.41) is 10.8. The first-order valence-electron chi connectivity index (χ1n) is 3.46. The monoisotopic (exact) mass is 156 g/mol. The lowest BCUT2D eigenvalue weighted by atomic mass is 10.1. The average Bonchev–Trinajstić information content (AvgIpc) is 2.40. The number of thiophene rings is 1. The number of rotatable bonds is 3. The molecule has 0 radical (unpaired) electrons. The molecule has 1 nitrogen and oxygen atoms in total. The summed E-state index contributed by atoms with van der Waals surface area (Å²) in [5.74, 6) is 0.402. The summed E-state index contributed by atoms with van der Waals surface area (Å²) in [7, 11) is 0. The summed E-state index contributed by atoms with van der Waals surface area (Å²) < 4.78 is 0. The maximum absolute atomic E-state index is 8.74. The summed E-state index contributed by atoms with van der Waals surface area (Å²) in [6.45, 7) is 2.34. The van der Waals surface area contributed by atoms with Gasteiger partial charge in [0.15, 0.2) is 0 Å². The lowest BCUT2D eigenvalue weighted by Gasteiger charge is -2.03. The zero-order chi connectivity index (χ0) is 7.40. The van der Waals surface area contributed by atoms with Crippen LogP contribution in [0.5, 0.6) is 0 Å². The van der Waals surface area contributed by atoms with Crippen LogP contribution in [0.1, 0.15) is 11.8 Å². The number of aliphatic hydroxyl groups excluding tert-OH is 1. The van der Waals surface area contributed by atoms with Crippen LogP contribution in [0.15, 0.2) is 17.5 Å². The average molecular weight is 156 g/mol. The van der Waals surface area contributed by atoms with Crippen molar-refractivity contribution < 1.29 is 5.11 Å². The van der Waals surface area contributed by atoms with Gasteiger partial charge in [0, 0.05) is 11.5 Å². The fraction of sp³-hybridized carbons (Fsp3) is 0.500. The van der Waals surface area contributed by atoms with Crippen molar-refractivity contribution >= 4 is 11.3 Å². The Hall–Kier alpha value is -0.340. The van der Waals surface area contributed by atoms with E-state index in [1.807, 2.05) is 6.07 Å². The topological polar surface area (TPSA) is 20.2 Å². The Bertz CT molecular complexity index is 169. The van der Waals surface area contributed by atoms with Crippen LogP contribution in [0.25, 0.3) is 0 Å². The van der Waals surface area contributed by atoms with E-state index in [4.69, 9.17) is 5.11 Å². The lowest BCUT2D eigenvalue weighted by Crippen LogP contribution is -2.02. The van der Waals surface area contributed by atoms with Crippen LogP contribution in [0, 0.1) is 5.92 Å². The molecule has 0 aromatic carbocycles. The van der Waals surface area contributed by atoms with E-state index in [2.05, 4.69) is 18.4 Å². The largest absolute Gasteiger partial charge is 0.396 e. The highest BCUT2D eigenvalue weighted by atomic mass is 32.1. The van der Waals surface area contributed by atoms with Crippen LogP contribution in [0.4, 0.5) is 0 Å². The van der Waals surface area contributed by atoms with E-state index in [-0.39, 0.29) is 6.61 Å². The van der Waals surface area contributed by atoms with Gasteiger partial charge in [-0.2, -0.15) is 0 Å². The Kier molecular flexibility index (Phi) is 2.90. The van der Waals surface area contributed by atoms with Crippen molar-refractivity contribution in [2.45, 2.75) is 13.3 Å². The molecule has 0 bridgehead atoms. The third-order valence-electron chi connectivity index (χ3n) is 1.44. The van der Waals surface area contributed by atoms with Gasteiger partial charge >= 0.3 is 0 Å². The third-order valence-corrected chi connectivity index (χ3v) is 2.34. The van der Waals surface area contributed by atoms with Crippen molar-refractivity contribution in [3.05, 3.63) is 22.4 Å². The van der Waals surface area contributed by atoms with Gasteiger partial charge in [0.05, 0.1) is 0 Å². The molecule has 0 aliphatic heterocycles. The lowest BCUT2D eigenvalue weighted by molar-refractivity contribution is 0.237. The van der Waals surface area contributed by atoms with Gasteiger partial charge < -0.3 is 5.11 Å². The summed E-state index contributed by atoms with van der Waals surface area (Å²) >= 11 is 1.76. The maximum Gasteiger partial charge on any atom is 0.0460 e. The SMILES string of the molecule is CC(CO)Cc1cccs1. The first kappa shape index (κ1) is 7.76. The molecule has 1 heterocycles. The molecular formula is C8H12OS. The van der Waals surface area contributed by atoms with Gasteiger partial charge in [0.1, 0.15) is 0 Å². The van der Waals surface area contributed by atoms with Crippen LogP contribution >= 0.6 is 11.3 Å². The molecule has 0 saturated carbocycles. The molecule has 0 amide bonds. The van der Waals surface area contributed by atoms with Crippen LogP contribution in [-0.2, 0) is 6.42 Å². The molecule has 1 aromatic rings. The van der Waals surface area contributed by atoms with E-state index < -0.39 is 0 Å². The van der Waals surface area contributed by atoms with Crippen molar-refractivity contribution in [3.8, 4) is 0 Å². The van der Waals surface area contributed by atoms with E-state index in [0.29, 0.717) is 5.92 Å². The van der Waals surface area contributed by atoms with E-state index in [0.717, 1.165) is 6.42 Å². The minimum Gasteiger partial charge on any atom is -0.396 e. The minimum absolute atomic E-state index is 0.290. The molecular weight excluding hydrogens is 144 g/mol. The van der Waals surface area contributed by atoms with Crippen molar-refractivity contribution in [2.75, 3.05) is 6.61 Å². The van der Waals surface area contributed by atoms with Crippen LogP contribution in [0.2, 0.25) is 0 Å².